The van der Waals surface area contributed by atoms with Crippen LogP contribution in [0.1, 0.15) is 33.6 Å². The lowest BCUT2D eigenvalue weighted by Gasteiger charge is -2.16. The molecule has 16 heavy (non-hydrogen) atoms. The Hall–Kier alpha value is -0.600. The maximum absolute atomic E-state index is 11.0. The van der Waals surface area contributed by atoms with Crippen LogP contribution in [-0.2, 0) is 9.84 Å². The van der Waals surface area contributed by atoms with Crippen molar-refractivity contribution in [3.05, 3.63) is 0 Å². The number of nitriles is 1. The van der Waals surface area contributed by atoms with E-state index in [1.165, 1.54) is 6.26 Å². The summed E-state index contributed by atoms with van der Waals surface area (Å²) in [6.45, 7) is 6.43. The van der Waals surface area contributed by atoms with Crippen molar-refractivity contribution in [3.8, 4) is 6.07 Å². The molecule has 0 aliphatic heterocycles. The maximum Gasteiger partial charge on any atom is 0.148 e. The third-order valence-electron chi connectivity index (χ3n) is 2.33. The average Bonchev–Trinajstić information content (AvgIpc) is 2.10. The van der Waals surface area contributed by atoms with Gasteiger partial charge in [-0.1, -0.05) is 0 Å². The van der Waals surface area contributed by atoms with Crippen molar-refractivity contribution in [1.29, 1.82) is 5.26 Å². The molecule has 0 saturated heterocycles. The second-order valence-corrected chi connectivity index (χ2v) is 7.23. The minimum absolute atomic E-state index is 0.0276. The molecule has 1 N–H and O–H groups in total. The first-order valence-electron chi connectivity index (χ1n) is 5.49. The summed E-state index contributed by atoms with van der Waals surface area (Å²) in [4.78, 5) is 0. The van der Waals surface area contributed by atoms with Gasteiger partial charge >= 0.3 is 0 Å². The molecule has 0 saturated carbocycles. The first kappa shape index (κ1) is 15.4. The van der Waals surface area contributed by atoms with E-state index >= 15 is 0 Å². The zero-order chi connectivity index (χ0) is 12.8. The predicted octanol–water partition coefficient (Wildman–Crippen LogP) is 1.34. The van der Waals surface area contributed by atoms with Crippen molar-refractivity contribution in [2.24, 2.45) is 5.41 Å². The van der Waals surface area contributed by atoms with Crippen molar-refractivity contribution in [1.82, 2.24) is 5.32 Å². The number of rotatable bonds is 7. The number of hydrogen-bond acceptors (Lipinski definition) is 4. The quantitative estimate of drug-likeness (QED) is 0.688. The molecule has 0 amide bonds. The van der Waals surface area contributed by atoms with Gasteiger partial charge in [0, 0.05) is 12.3 Å². The Morgan fingerprint density at radius 2 is 2.00 bits per heavy atom. The van der Waals surface area contributed by atoms with Gasteiger partial charge in [-0.05, 0) is 40.2 Å². The van der Waals surface area contributed by atoms with Gasteiger partial charge in [-0.15, -0.1) is 0 Å². The van der Waals surface area contributed by atoms with E-state index in [2.05, 4.69) is 11.4 Å². The molecule has 0 aliphatic rings. The van der Waals surface area contributed by atoms with Crippen LogP contribution in [0, 0.1) is 16.7 Å². The summed E-state index contributed by atoms with van der Waals surface area (Å²) in [6, 6.07) is 2.22. The van der Waals surface area contributed by atoms with Crippen molar-refractivity contribution < 1.29 is 8.42 Å². The summed E-state index contributed by atoms with van der Waals surface area (Å²) in [7, 11) is -2.91. The molecular formula is C11H22N2O2S. The van der Waals surface area contributed by atoms with Gasteiger partial charge in [-0.3, -0.25) is 0 Å². The average molecular weight is 246 g/mol. The molecule has 4 nitrogen and oxygen atoms in total. The van der Waals surface area contributed by atoms with E-state index < -0.39 is 9.84 Å². The van der Waals surface area contributed by atoms with Gasteiger partial charge in [-0.2, -0.15) is 5.26 Å². The summed E-state index contributed by atoms with van der Waals surface area (Å²) in [5.41, 5.74) is -0.290. The Morgan fingerprint density at radius 3 is 2.44 bits per heavy atom. The van der Waals surface area contributed by atoms with Crippen molar-refractivity contribution in [3.63, 3.8) is 0 Å². The highest BCUT2D eigenvalue weighted by atomic mass is 32.2. The Morgan fingerprint density at radius 1 is 1.44 bits per heavy atom. The molecule has 0 aliphatic carbocycles. The Labute approximate surface area is 99.0 Å². The predicted molar refractivity (Wildman–Crippen MR) is 65.8 cm³/mol. The molecular weight excluding hydrogens is 224 g/mol. The van der Waals surface area contributed by atoms with Gasteiger partial charge in [0.1, 0.15) is 9.84 Å². The zero-order valence-electron chi connectivity index (χ0n) is 10.6. The Bertz CT molecular complexity index is 341. The maximum atomic E-state index is 11.0. The summed E-state index contributed by atoms with van der Waals surface area (Å²) in [5.74, 6) is 0.161. The summed E-state index contributed by atoms with van der Waals surface area (Å²) in [5, 5.41) is 12.0. The zero-order valence-corrected chi connectivity index (χ0v) is 11.4. The highest BCUT2D eigenvalue weighted by Crippen LogP contribution is 2.19. The topological polar surface area (TPSA) is 70.0 Å². The van der Waals surface area contributed by atoms with Gasteiger partial charge in [0.15, 0.2) is 0 Å². The Kier molecular flexibility index (Phi) is 5.98. The summed E-state index contributed by atoms with van der Waals surface area (Å²) < 4.78 is 22.0. The highest BCUT2D eigenvalue weighted by Gasteiger charge is 2.16. The normalized spacial score (nSPS) is 14.4. The van der Waals surface area contributed by atoms with Gasteiger partial charge in [0.2, 0.25) is 0 Å². The largest absolute Gasteiger partial charge is 0.313 e. The van der Waals surface area contributed by atoms with E-state index in [4.69, 9.17) is 5.26 Å². The second kappa shape index (κ2) is 6.21. The molecule has 0 spiro atoms. The molecule has 0 aromatic heterocycles. The molecule has 94 valence electrons. The lowest BCUT2D eigenvalue weighted by atomic mass is 9.90. The molecule has 1 unspecified atom stereocenters. The van der Waals surface area contributed by atoms with Crippen molar-refractivity contribution in [2.45, 2.75) is 39.7 Å². The fraction of sp³-hybridized carbons (Fsp3) is 0.909. The SMILES string of the molecule is CC(CS(C)(=O)=O)NCCCC(C)(C)C#N. The molecule has 0 heterocycles. The van der Waals surface area contributed by atoms with Crippen molar-refractivity contribution >= 4 is 9.84 Å². The van der Waals surface area contributed by atoms with E-state index in [-0.39, 0.29) is 17.2 Å². The van der Waals surface area contributed by atoms with Crippen LogP contribution in [0.5, 0.6) is 0 Å². The molecule has 0 rings (SSSR count). The first-order valence-corrected chi connectivity index (χ1v) is 7.55. The van der Waals surface area contributed by atoms with Crippen LogP contribution in [0.4, 0.5) is 0 Å². The number of sulfone groups is 1. The number of nitrogens with zero attached hydrogens (tertiary/aromatic N) is 1. The molecule has 0 aromatic carbocycles. The van der Waals surface area contributed by atoms with Crippen LogP contribution in [0.3, 0.4) is 0 Å². The number of nitrogens with one attached hydrogen (secondary N) is 1. The molecule has 0 bridgehead atoms. The lowest BCUT2D eigenvalue weighted by molar-refractivity contribution is 0.419. The Balaban J connectivity index is 3.73. The minimum atomic E-state index is -2.91. The fourth-order valence-corrected chi connectivity index (χ4v) is 2.47. The third kappa shape index (κ3) is 8.69. The van der Waals surface area contributed by atoms with E-state index in [1.807, 2.05) is 20.8 Å². The van der Waals surface area contributed by atoms with E-state index in [9.17, 15) is 8.42 Å². The lowest BCUT2D eigenvalue weighted by Crippen LogP contribution is -2.33. The minimum Gasteiger partial charge on any atom is -0.313 e. The van der Waals surface area contributed by atoms with Crippen LogP contribution < -0.4 is 5.32 Å². The second-order valence-electron chi connectivity index (χ2n) is 5.05. The van der Waals surface area contributed by atoms with E-state index in [1.54, 1.807) is 0 Å². The van der Waals surface area contributed by atoms with Crippen LogP contribution in [0.2, 0.25) is 0 Å². The smallest absolute Gasteiger partial charge is 0.148 e. The molecule has 0 radical (unpaired) electrons. The van der Waals surface area contributed by atoms with Gasteiger partial charge in [0.05, 0.1) is 17.2 Å². The van der Waals surface area contributed by atoms with Gasteiger partial charge < -0.3 is 5.32 Å². The molecule has 1 atom stereocenters. The summed E-state index contributed by atoms with van der Waals surface area (Å²) in [6.07, 6.45) is 2.95. The van der Waals surface area contributed by atoms with Gasteiger partial charge in [-0.25, -0.2) is 8.42 Å². The van der Waals surface area contributed by atoms with Crippen molar-refractivity contribution in [2.75, 3.05) is 18.6 Å². The molecule has 5 heteroatoms. The highest BCUT2D eigenvalue weighted by molar-refractivity contribution is 7.90. The molecule has 0 aromatic rings. The summed E-state index contributed by atoms with van der Waals surface area (Å²) >= 11 is 0. The number of hydrogen-bond donors (Lipinski definition) is 1. The van der Waals surface area contributed by atoms with Crippen LogP contribution in [-0.4, -0.2) is 33.0 Å². The van der Waals surface area contributed by atoms with Gasteiger partial charge in [0.25, 0.3) is 0 Å². The standard InChI is InChI=1S/C11H22N2O2S/c1-10(8-16(4,14)15)13-7-5-6-11(2,3)9-12/h10,13H,5-8H2,1-4H3. The van der Waals surface area contributed by atoms with Crippen LogP contribution in [0.25, 0.3) is 0 Å². The van der Waals surface area contributed by atoms with E-state index in [0.29, 0.717) is 0 Å². The fourth-order valence-electron chi connectivity index (χ4n) is 1.45. The van der Waals surface area contributed by atoms with Crippen LogP contribution in [0.15, 0.2) is 0 Å². The van der Waals surface area contributed by atoms with E-state index in [0.717, 1.165) is 19.4 Å². The monoisotopic (exact) mass is 246 g/mol. The third-order valence-corrected chi connectivity index (χ3v) is 3.43. The first-order chi connectivity index (χ1) is 7.16. The molecule has 0 fully saturated rings. The van der Waals surface area contributed by atoms with Crippen LogP contribution >= 0.6 is 0 Å².